The van der Waals surface area contributed by atoms with E-state index in [4.69, 9.17) is 16.3 Å². The van der Waals surface area contributed by atoms with Crippen LogP contribution >= 0.6 is 11.6 Å². The van der Waals surface area contributed by atoms with Crippen LogP contribution in [0.15, 0.2) is 40.2 Å². The highest BCUT2D eigenvalue weighted by atomic mass is 35.5. The minimum Gasteiger partial charge on any atom is -0.459 e. The van der Waals surface area contributed by atoms with Crippen molar-refractivity contribution in [3.8, 4) is 0 Å². The van der Waals surface area contributed by atoms with Crippen molar-refractivity contribution in [3.63, 3.8) is 0 Å². The van der Waals surface area contributed by atoms with E-state index in [1.54, 1.807) is 24.3 Å². The first kappa shape index (κ1) is 17.0. The van der Waals surface area contributed by atoms with Gasteiger partial charge in [-0.3, -0.25) is 18.7 Å². The van der Waals surface area contributed by atoms with Gasteiger partial charge in [-0.25, -0.2) is 9.78 Å². The van der Waals surface area contributed by atoms with E-state index in [0.29, 0.717) is 5.02 Å². The second-order valence-electron chi connectivity index (χ2n) is 5.54. The molecule has 0 aliphatic rings. The van der Waals surface area contributed by atoms with Gasteiger partial charge in [0.25, 0.3) is 5.56 Å². The van der Waals surface area contributed by atoms with Crippen LogP contribution in [0.2, 0.25) is 5.02 Å². The highest BCUT2D eigenvalue weighted by Gasteiger charge is 2.16. The molecule has 0 aliphatic carbocycles. The fraction of sp³-hybridized carbons (Fsp3) is 0.250. The average molecular weight is 363 g/mol. The van der Waals surface area contributed by atoms with Gasteiger partial charge in [0.05, 0.1) is 6.33 Å². The number of hydrogen-bond donors (Lipinski definition) is 0. The zero-order chi connectivity index (χ0) is 18.1. The molecule has 3 aromatic rings. The Kier molecular flexibility index (Phi) is 4.45. The molecule has 0 unspecified atom stereocenters. The molecule has 3 rings (SSSR count). The molecule has 0 atom stereocenters. The number of halogens is 1. The van der Waals surface area contributed by atoms with Crippen LogP contribution in [0.3, 0.4) is 0 Å². The minimum absolute atomic E-state index is 0.0719. The van der Waals surface area contributed by atoms with Gasteiger partial charge in [0, 0.05) is 19.1 Å². The molecule has 2 aromatic heterocycles. The normalized spacial score (nSPS) is 11.0. The number of nitrogens with zero attached hydrogens (tertiary/aromatic N) is 4. The Morgan fingerprint density at radius 1 is 1.24 bits per heavy atom. The molecule has 2 heterocycles. The summed E-state index contributed by atoms with van der Waals surface area (Å²) in [5, 5.41) is 0.554. The van der Waals surface area contributed by atoms with Gasteiger partial charge in [-0.15, -0.1) is 0 Å². The first-order valence-corrected chi connectivity index (χ1v) is 7.77. The number of imidazole rings is 1. The lowest BCUT2D eigenvalue weighted by Gasteiger charge is -2.08. The molecule has 0 N–H and O–H groups in total. The summed E-state index contributed by atoms with van der Waals surface area (Å²) in [7, 11) is 2.89. The fourth-order valence-electron chi connectivity index (χ4n) is 2.49. The van der Waals surface area contributed by atoms with Gasteiger partial charge in [0.1, 0.15) is 13.2 Å². The third-order valence-electron chi connectivity index (χ3n) is 3.81. The summed E-state index contributed by atoms with van der Waals surface area (Å²) >= 11 is 5.88. The van der Waals surface area contributed by atoms with E-state index >= 15 is 0 Å². The van der Waals surface area contributed by atoms with Crippen LogP contribution in [0.1, 0.15) is 5.56 Å². The SMILES string of the molecule is Cn1c(=O)c2c(ncn2CC(=O)OCc2cccc(Cl)c2)n(C)c1=O. The van der Waals surface area contributed by atoms with Crippen LogP contribution in [0.5, 0.6) is 0 Å². The van der Waals surface area contributed by atoms with E-state index in [0.717, 1.165) is 10.1 Å². The lowest BCUT2D eigenvalue weighted by molar-refractivity contribution is -0.145. The van der Waals surface area contributed by atoms with Gasteiger partial charge < -0.3 is 9.30 Å². The first-order valence-electron chi connectivity index (χ1n) is 7.39. The molecule has 1 aromatic carbocycles. The van der Waals surface area contributed by atoms with E-state index < -0.39 is 17.2 Å². The molecule has 9 heteroatoms. The second kappa shape index (κ2) is 6.56. The number of benzene rings is 1. The fourth-order valence-corrected chi connectivity index (χ4v) is 2.71. The Morgan fingerprint density at radius 2 is 2.00 bits per heavy atom. The van der Waals surface area contributed by atoms with Crippen LogP contribution in [0.25, 0.3) is 11.2 Å². The number of rotatable bonds is 4. The predicted molar refractivity (Wildman–Crippen MR) is 91.5 cm³/mol. The van der Waals surface area contributed by atoms with E-state index in [1.165, 1.54) is 29.6 Å². The quantitative estimate of drug-likeness (QED) is 0.641. The molecule has 0 fully saturated rings. The summed E-state index contributed by atoms with van der Waals surface area (Å²) in [5.74, 6) is -0.532. The Bertz CT molecular complexity index is 1080. The summed E-state index contributed by atoms with van der Waals surface area (Å²) in [5.41, 5.74) is 0.152. The van der Waals surface area contributed by atoms with Crippen LogP contribution in [-0.2, 0) is 36.8 Å². The third kappa shape index (κ3) is 3.20. The van der Waals surface area contributed by atoms with Crippen molar-refractivity contribution in [1.82, 2.24) is 18.7 Å². The van der Waals surface area contributed by atoms with Crippen molar-refractivity contribution in [1.29, 1.82) is 0 Å². The molecular weight excluding hydrogens is 348 g/mol. The van der Waals surface area contributed by atoms with Crippen molar-refractivity contribution < 1.29 is 9.53 Å². The maximum atomic E-state index is 12.3. The molecule has 0 aliphatic heterocycles. The first-order chi connectivity index (χ1) is 11.9. The molecular formula is C16H15ClN4O4. The summed E-state index contributed by atoms with van der Waals surface area (Å²) in [4.78, 5) is 40.3. The maximum Gasteiger partial charge on any atom is 0.332 e. The molecule has 8 nitrogen and oxygen atoms in total. The van der Waals surface area contributed by atoms with Gasteiger partial charge in [-0.2, -0.15) is 0 Å². The number of aryl methyl sites for hydroxylation is 1. The van der Waals surface area contributed by atoms with Crippen molar-refractivity contribution in [2.45, 2.75) is 13.2 Å². The van der Waals surface area contributed by atoms with Crippen molar-refractivity contribution in [2.75, 3.05) is 0 Å². The van der Waals surface area contributed by atoms with Crippen molar-refractivity contribution in [3.05, 3.63) is 62.0 Å². The van der Waals surface area contributed by atoms with Gasteiger partial charge >= 0.3 is 11.7 Å². The second-order valence-corrected chi connectivity index (χ2v) is 5.98. The number of carbonyl (C=O) groups is 1. The van der Waals surface area contributed by atoms with Crippen LogP contribution in [0.4, 0.5) is 0 Å². The van der Waals surface area contributed by atoms with Gasteiger partial charge in [0.15, 0.2) is 11.2 Å². The lowest BCUT2D eigenvalue weighted by atomic mass is 10.2. The molecule has 0 amide bonds. The smallest absolute Gasteiger partial charge is 0.332 e. The van der Waals surface area contributed by atoms with Crippen LogP contribution < -0.4 is 11.2 Å². The Morgan fingerprint density at radius 3 is 2.72 bits per heavy atom. The highest BCUT2D eigenvalue weighted by Crippen LogP contribution is 2.12. The molecule has 0 spiro atoms. The van der Waals surface area contributed by atoms with E-state index in [9.17, 15) is 14.4 Å². The number of hydrogen-bond acceptors (Lipinski definition) is 5. The minimum atomic E-state index is -0.532. The standard InChI is InChI=1S/C16H15ClN4O4/c1-19-14-13(15(23)20(2)16(19)24)21(9-18-14)7-12(22)25-8-10-4-3-5-11(17)6-10/h3-6,9H,7-8H2,1-2H3. The highest BCUT2D eigenvalue weighted by molar-refractivity contribution is 6.30. The van der Waals surface area contributed by atoms with E-state index in [1.807, 2.05) is 0 Å². The number of ether oxygens (including phenoxy) is 1. The molecule has 130 valence electrons. The lowest BCUT2D eigenvalue weighted by Crippen LogP contribution is -2.37. The average Bonchev–Trinajstić information content (AvgIpc) is 3.00. The molecule has 25 heavy (non-hydrogen) atoms. The number of esters is 1. The zero-order valence-corrected chi connectivity index (χ0v) is 14.4. The van der Waals surface area contributed by atoms with Crippen molar-refractivity contribution >= 4 is 28.7 Å². The maximum absolute atomic E-state index is 12.3. The topological polar surface area (TPSA) is 88.1 Å². The van der Waals surface area contributed by atoms with Crippen LogP contribution in [-0.4, -0.2) is 24.7 Å². The summed E-state index contributed by atoms with van der Waals surface area (Å²) in [6, 6.07) is 6.98. The Labute approximate surface area is 146 Å². The van der Waals surface area contributed by atoms with Crippen LogP contribution in [0, 0.1) is 0 Å². The number of aromatic nitrogens is 4. The summed E-state index contributed by atoms with van der Waals surface area (Å²) < 4.78 is 8.80. The molecule has 0 bridgehead atoms. The largest absolute Gasteiger partial charge is 0.459 e. The molecule has 0 radical (unpaired) electrons. The number of carbonyl (C=O) groups excluding carboxylic acids is 1. The third-order valence-corrected chi connectivity index (χ3v) is 4.04. The van der Waals surface area contributed by atoms with Gasteiger partial charge in [-0.05, 0) is 17.7 Å². The zero-order valence-electron chi connectivity index (χ0n) is 13.6. The van der Waals surface area contributed by atoms with Gasteiger partial charge in [-0.1, -0.05) is 23.7 Å². The van der Waals surface area contributed by atoms with Crippen molar-refractivity contribution in [2.24, 2.45) is 14.1 Å². The summed E-state index contributed by atoms with van der Waals surface area (Å²) in [6.07, 6.45) is 1.34. The number of fused-ring (bicyclic) bond motifs is 1. The van der Waals surface area contributed by atoms with E-state index in [2.05, 4.69) is 4.98 Å². The van der Waals surface area contributed by atoms with E-state index in [-0.39, 0.29) is 24.3 Å². The predicted octanol–water partition coefficient (Wildman–Crippen LogP) is 0.830. The molecule has 0 saturated carbocycles. The summed E-state index contributed by atoms with van der Waals surface area (Å²) in [6.45, 7) is -0.118. The Balaban J connectivity index is 1.82. The van der Waals surface area contributed by atoms with Gasteiger partial charge in [0.2, 0.25) is 0 Å². The Hall–Kier alpha value is -2.87. The molecule has 0 saturated heterocycles. The monoisotopic (exact) mass is 362 g/mol.